The molecule has 0 saturated carbocycles. The van der Waals surface area contributed by atoms with Crippen molar-refractivity contribution in [3.63, 3.8) is 0 Å². The van der Waals surface area contributed by atoms with Crippen LogP contribution < -0.4 is 10.7 Å². The smallest absolute Gasteiger partial charge is 0.120 e. The number of nitrogens with two attached hydrogens (primary N) is 1. The van der Waals surface area contributed by atoms with Gasteiger partial charge in [-0.3, -0.25) is 5.01 Å². The zero-order valence-corrected chi connectivity index (χ0v) is 10.5. The van der Waals surface area contributed by atoms with Gasteiger partial charge in [0.15, 0.2) is 0 Å². The molecule has 0 atom stereocenters. The van der Waals surface area contributed by atoms with E-state index in [4.69, 9.17) is 5.73 Å². The minimum atomic E-state index is 0.588. The molecule has 1 aromatic rings. The zero-order chi connectivity index (χ0) is 10.7. The second kappa shape index (κ2) is 4.80. The number of anilines is 1. The highest BCUT2D eigenvalue weighted by Crippen LogP contribution is 2.17. The Bertz CT molecular complexity index is 349. The van der Waals surface area contributed by atoms with Crippen molar-refractivity contribution in [3.8, 4) is 0 Å². The van der Waals surface area contributed by atoms with Crippen molar-refractivity contribution in [1.82, 2.24) is 3.11 Å². The van der Waals surface area contributed by atoms with Crippen molar-refractivity contribution in [2.45, 2.75) is 6.54 Å². The van der Waals surface area contributed by atoms with Gasteiger partial charge in [-0.15, -0.1) is 0 Å². The molecule has 1 aromatic carbocycles. The summed E-state index contributed by atoms with van der Waals surface area (Å²) in [7, 11) is 0. The number of benzene rings is 1. The standard InChI is InChI=1S/C10H13IN4/c11-14-5-6-15(13-8-14)10-3-1-9(7-12)2-4-10/h1-4,8H,5-7,12H2. The van der Waals surface area contributed by atoms with E-state index in [0.29, 0.717) is 6.54 Å². The van der Waals surface area contributed by atoms with Crippen molar-refractivity contribution in [3.05, 3.63) is 29.8 Å². The highest BCUT2D eigenvalue weighted by molar-refractivity contribution is 14.1. The lowest BCUT2D eigenvalue weighted by Gasteiger charge is -2.26. The summed E-state index contributed by atoms with van der Waals surface area (Å²) in [6, 6.07) is 8.20. The van der Waals surface area contributed by atoms with Crippen LogP contribution in [0.4, 0.5) is 5.69 Å². The maximum atomic E-state index is 5.55. The molecule has 5 heteroatoms. The normalized spacial score (nSPS) is 15.9. The molecule has 15 heavy (non-hydrogen) atoms. The number of hydrogen-bond donors (Lipinski definition) is 1. The molecular formula is C10H13IN4. The zero-order valence-electron chi connectivity index (χ0n) is 8.31. The average Bonchev–Trinajstić information content (AvgIpc) is 2.30. The number of halogens is 1. The monoisotopic (exact) mass is 316 g/mol. The second-order valence-electron chi connectivity index (χ2n) is 3.35. The van der Waals surface area contributed by atoms with Crippen molar-refractivity contribution < 1.29 is 0 Å². The Morgan fingerprint density at radius 1 is 1.27 bits per heavy atom. The Morgan fingerprint density at radius 3 is 2.53 bits per heavy atom. The van der Waals surface area contributed by atoms with Gasteiger partial charge in [-0.1, -0.05) is 12.1 Å². The van der Waals surface area contributed by atoms with Crippen LogP contribution in [0.1, 0.15) is 5.56 Å². The molecule has 0 fully saturated rings. The predicted octanol–water partition coefficient (Wildman–Crippen LogP) is 1.56. The summed E-state index contributed by atoms with van der Waals surface area (Å²) in [5.41, 5.74) is 7.81. The Hall–Kier alpha value is -0.820. The second-order valence-corrected chi connectivity index (χ2v) is 4.59. The molecule has 0 spiro atoms. The molecule has 0 aromatic heterocycles. The van der Waals surface area contributed by atoms with Gasteiger partial charge in [-0.25, -0.2) is 0 Å². The van der Waals surface area contributed by atoms with Crippen LogP contribution in [0.15, 0.2) is 29.4 Å². The third-order valence-corrected chi connectivity index (χ3v) is 3.04. The van der Waals surface area contributed by atoms with E-state index in [1.807, 2.05) is 26.6 Å². The fourth-order valence-corrected chi connectivity index (χ4v) is 1.75. The van der Waals surface area contributed by atoms with Gasteiger partial charge < -0.3 is 8.85 Å². The number of rotatable bonds is 2. The molecule has 1 aliphatic heterocycles. The van der Waals surface area contributed by atoms with E-state index in [9.17, 15) is 0 Å². The van der Waals surface area contributed by atoms with Crippen LogP contribution in [0.25, 0.3) is 0 Å². The highest BCUT2D eigenvalue weighted by Gasteiger charge is 2.10. The van der Waals surface area contributed by atoms with Crippen LogP contribution in [-0.2, 0) is 6.54 Å². The van der Waals surface area contributed by atoms with Crippen LogP contribution in [0, 0.1) is 0 Å². The highest BCUT2D eigenvalue weighted by atomic mass is 127. The maximum Gasteiger partial charge on any atom is 0.120 e. The molecule has 80 valence electrons. The SMILES string of the molecule is NCc1ccc(N2CCN(I)C=N2)cc1. The number of hydrazone groups is 1. The fraction of sp³-hybridized carbons (Fsp3) is 0.300. The van der Waals surface area contributed by atoms with Crippen LogP contribution in [0.5, 0.6) is 0 Å². The third kappa shape index (κ3) is 2.60. The third-order valence-electron chi connectivity index (χ3n) is 2.31. The fourth-order valence-electron chi connectivity index (χ4n) is 1.42. The summed E-state index contributed by atoms with van der Waals surface area (Å²) in [5, 5.41) is 6.33. The van der Waals surface area contributed by atoms with Gasteiger partial charge in [0.25, 0.3) is 0 Å². The summed E-state index contributed by atoms with van der Waals surface area (Å²) < 4.78 is 2.04. The quantitative estimate of drug-likeness (QED) is 0.665. The van der Waals surface area contributed by atoms with Crippen molar-refractivity contribution >= 4 is 34.9 Å². The first-order valence-corrected chi connectivity index (χ1v) is 5.79. The van der Waals surface area contributed by atoms with Crippen LogP contribution in [-0.4, -0.2) is 22.5 Å². The van der Waals surface area contributed by atoms with Gasteiger partial charge in [0, 0.05) is 13.1 Å². The maximum absolute atomic E-state index is 5.55. The molecule has 0 radical (unpaired) electrons. The van der Waals surface area contributed by atoms with Crippen molar-refractivity contribution in [2.24, 2.45) is 10.8 Å². The Kier molecular flexibility index (Phi) is 3.42. The number of hydrogen-bond acceptors (Lipinski definition) is 4. The van der Waals surface area contributed by atoms with E-state index in [1.54, 1.807) is 0 Å². The lowest BCUT2D eigenvalue weighted by molar-refractivity contribution is 0.652. The lowest BCUT2D eigenvalue weighted by atomic mass is 10.2. The summed E-state index contributed by atoms with van der Waals surface area (Å²) in [5.74, 6) is 0. The van der Waals surface area contributed by atoms with Crippen molar-refractivity contribution in [2.75, 3.05) is 18.1 Å². The summed E-state index contributed by atoms with van der Waals surface area (Å²) >= 11 is 2.24. The molecule has 0 unspecified atom stereocenters. The van der Waals surface area contributed by atoms with Crippen LogP contribution in [0.2, 0.25) is 0 Å². The average molecular weight is 316 g/mol. The first kappa shape index (κ1) is 10.7. The van der Waals surface area contributed by atoms with E-state index in [1.165, 1.54) is 0 Å². The minimum Gasteiger partial charge on any atom is -0.326 e. The molecule has 0 saturated heterocycles. The molecule has 2 N–H and O–H groups in total. The van der Waals surface area contributed by atoms with Gasteiger partial charge in [0.1, 0.15) is 6.34 Å². The minimum absolute atomic E-state index is 0.588. The van der Waals surface area contributed by atoms with E-state index >= 15 is 0 Å². The van der Waals surface area contributed by atoms with E-state index in [2.05, 4.69) is 40.1 Å². The topological polar surface area (TPSA) is 44.9 Å². The van der Waals surface area contributed by atoms with Crippen LogP contribution in [0.3, 0.4) is 0 Å². The summed E-state index contributed by atoms with van der Waals surface area (Å²) in [6.45, 7) is 2.50. The first-order valence-electron chi connectivity index (χ1n) is 4.82. The number of nitrogens with zero attached hydrogens (tertiary/aromatic N) is 3. The molecule has 4 nitrogen and oxygen atoms in total. The molecule has 2 rings (SSSR count). The largest absolute Gasteiger partial charge is 0.326 e. The molecule has 1 aliphatic rings. The van der Waals surface area contributed by atoms with Gasteiger partial charge in [-0.05, 0) is 17.7 Å². The van der Waals surface area contributed by atoms with E-state index in [0.717, 1.165) is 24.3 Å². The summed E-state index contributed by atoms with van der Waals surface area (Å²) in [4.78, 5) is 0. The van der Waals surface area contributed by atoms with Gasteiger partial charge >= 0.3 is 0 Å². The Morgan fingerprint density at radius 2 is 2.00 bits per heavy atom. The van der Waals surface area contributed by atoms with Gasteiger partial charge in [-0.2, -0.15) is 5.10 Å². The van der Waals surface area contributed by atoms with Gasteiger partial charge in [0.05, 0.1) is 35.1 Å². The van der Waals surface area contributed by atoms with Crippen LogP contribution >= 0.6 is 22.9 Å². The molecule has 0 bridgehead atoms. The van der Waals surface area contributed by atoms with E-state index < -0.39 is 0 Å². The van der Waals surface area contributed by atoms with Crippen molar-refractivity contribution in [1.29, 1.82) is 0 Å². The predicted molar refractivity (Wildman–Crippen MR) is 70.9 cm³/mol. The molecule has 0 aliphatic carbocycles. The molecular weight excluding hydrogens is 303 g/mol. The van der Waals surface area contributed by atoms with E-state index in [-0.39, 0.29) is 0 Å². The first-order chi connectivity index (χ1) is 7.29. The Labute approximate surface area is 103 Å². The summed E-state index contributed by atoms with van der Waals surface area (Å²) in [6.07, 6.45) is 1.83. The lowest BCUT2D eigenvalue weighted by Crippen LogP contribution is -2.32. The molecule has 1 heterocycles. The van der Waals surface area contributed by atoms with Gasteiger partial charge in [0.2, 0.25) is 0 Å². The Balaban J connectivity index is 2.12. The molecule has 0 amide bonds.